The van der Waals surface area contributed by atoms with Gasteiger partial charge in [-0.2, -0.15) is 10.2 Å². The van der Waals surface area contributed by atoms with Gasteiger partial charge in [0.15, 0.2) is 17.5 Å². The van der Waals surface area contributed by atoms with Crippen LogP contribution in [-0.4, -0.2) is 58.7 Å². The second kappa shape index (κ2) is 8.77. The lowest BCUT2D eigenvalue weighted by Gasteiger charge is -2.31. The zero-order chi connectivity index (χ0) is 22.8. The molecule has 4 aromatic rings. The van der Waals surface area contributed by atoms with Gasteiger partial charge in [0.2, 0.25) is 5.91 Å². The minimum Gasteiger partial charge on any atom is -0.355 e. The van der Waals surface area contributed by atoms with Gasteiger partial charge >= 0.3 is 0 Å². The Morgan fingerprint density at radius 1 is 1.03 bits per heavy atom. The van der Waals surface area contributed by atoms with Gasteiger partial charge in [-0.05, 0) is 51.0 Å². The molecule has 11 nitrogen and oxygen atoms in total. The SMILES string of the molecule is Cc1cc(C)n(-c2ccc(N3CCC(C(=O)Nc4cc(-n5cccn5)ncn4)CC3)nn2)n1. The predicted octanol–water partition coefficient (Wildman–Crippen LogP) is 2.11. The van der Waals surface area contributed by atoms with Crippen molar-refractivity contribution >= 4 is 17.5 Å². The van der Waals surface area contributed by atoms with Gasteiger partial charge in [-0.15, -0.1) is 10.2 Å². The van der Waals surface area contributed by atoms with Crippen molar-refractivity contribution in [2.24, 2.45) is 5.92 Å². The van der Waals surface area contributed by atoms with E-state index in [4.69, 9.17) is 0 Å². The molecule has 0 atom stereocenters. The van der Waals surface area contributed by atoms with Crippen LogP contribution in [0.5, 0.6) is 0 Å². The molecule has 1 fully saturated rings. The molecule has 0 saturated carbocycles. The maximum atomic E-state index is 12.8. The topological polar surface area (TPSA) is 120 Å². The van der Waals surface area contributed by atoms with Crippen molar-refractivity contribution in [1.29, 1.82) is 0 Å². The van der Waals surface area contributed by atoms with Crippen molar-refractivity contribution in [3.63, 3.8) is 0 Å². The third-order valence-electron chi connectivity index (χ3n) is 5.70. The summed E-state index contributed by atoms with van der Waals surface area (Å²) in [6.07, 6.45) is 6.33. The Hall–Kier alpha value is -4.15. The molecule has 5 heterocycles. The first kappa shape index (κ1) is 20.7. The number of amides is 1. The van der Waals surface area contributed by atoms with Crippen LogP contribution in [0.25, 0.3) is 11.6 Å². The first-order valence-corrected chi connectivity index (χ1v) is 10.8. The standard InChI is InChI=1S/C22H24N10O/c1-15-12-16(2)32(29-15)20-5-4-19(27-28-20)30-10-6-17(7-11-30)22(33)26-18-13-21(24-14-23-18)31-9-3-8-25-31/h3-5,8-9,12-14,17H,6-7,10-11H2,1-2H3,(H,23,24,26,33). The number of nitrogens with one attached hydrogen (secondary N) is 1. The molecule has 0 radical (unpaired) electrons. The highest BCUT2D eigenvalue weighted by atomic mass is 16.2. The number of hydrogen-bond donors (Lipinski definition) is 1. The molecule has 5 rings (SSSR count). The molecule has 0 bridgehead atoms. The highest BCUT2D eigenvalue weighted by Gasteiger charge is 2.26. The summed E-state index contributed by atoms with van der Waals surface area (Å²) in [7, 11) is 0. The second-order valence-electron chi connectivity index (χ2n) is 8.05. The lowest BCUT2D eigenvalue weighted by molar-refractivity contribution is -0.120. The summed E-state index contributed by atoms with van der Waals surface area (Å²) in [4.78, 5) is 23.3. The van der Waals surface area contributed by atoms with Crippen molar-refractivity contribution < 1.29 is 4.79 Å². The van der Waals surface area contributed by atoms with Gasteiger partial charge in [0.25, 0.3) is 0 Å². The van der Waals surface area contributed by atoms with Gasteiger partial charge in [0, 0.05) is 43.2 Å². The molecule has 1 aliphatic rings. The van der Waals surface area contributed by atoms with Crippen LogP contribution in [0.2, 0.25) is 0 Å². The van der Waals surface area contributed by atoms with Crippen molar-refractivity contribution in [2.75, 3.05) is 23.3 Å². The summed E-state index contributed by atoms with van der Waals surface area (Å²) >= 11 is 0. The van der Waals surface area contributed by atoms with E-state index < -0.39 is 0 Å². The number of rotatable bonds is 5. The van der Waals surface area contributed by atoms with Crippen LogP contribution in [0, 0.1) is 19.8 Å². The van der Waals surface area contributed by atoms with Crippen molar-refractivity contribution in [3.8, 4) is 11.6 Å². The number of hydrogen-bond acceptors (Lipinski definition) is 8. The Morgan fingerprint density at radius 2 is 1.82 bits per heavy atom. The van der Waals surface area contributed by atoms with Gasteiger partial charge in [0.05, 0.1) is 5.69 Å². The molecule has 1 aliphatic heterocycles. The third kappa shape index (κ3) is 4.43. The minimum absolute atomic E-state index is 0.0364. The number of carbonyl (C=O) groups is 1. The first-order valence-electron chi connectivity index (χ1n) is 10.8. The van der Waals surface area contributed by atoms with Gasteiger partial charge in [0.1, 0.15) is 12.1 Å². The van der Waals surface area contributed by atoms with E-state index in [-0.39, 0.29) is 11.8 Å². The van der Waals surface area contributed by atoms with Crippen LogP contribution in [0.1, 0.15) is 24.2 Å². The van der Waals surface area contributed by atoms with Crippen LogP contribution in [0.3, 0.4) is 0 Å². The number of anilines is 2. The largest absolute Gasteiger partial charge is 0.355 e. The maximum Gasteiger partial charge on any atom is 0.228 e. The zero-order valence-corrected chi connectivity index (χ0v) is 18.5. The lowest BCUT2D eigenvalue weighted by Crippen LogP contribution is -2.38. The fraction of sp³-hybridized carbons (Fsp3) is 0.318. The quantitative estimate of drug-likeness (QED) is 0.497. The summed E-state index contributed by atoms with van der Waals surface area (Å²) in [5.74, 6) is 2.44. The number of aromatic nitrogens is 8. The van der Waals surface area contributed by atoms with E-state index in [0.717, 1.165) is 43.1 Å². The minimum atomic E-state index is -0.0914. The summed E-state index contributed by atoms with van der Waals surface area (Å²) in [5.41, 5.74) is 1.96. The van der Waals surface area contributed by atoms with E-state index in [1.807, 2.05) is 38.1 Å². The molecule has 1 saturated heterocycles. The second-order valence-corrected chi connectivity index (χ2v) is 8.05. The maximum absolute atomic E-state index is 12.8. The highest BCUT2D eigenvalue weighted by Crippen LogP contribution is 2.23. The Balaban J connectivity index is 1.18. The molecular weight excluding hydrogens is 420 g/mol. The average molecular weight is 445 g/mol. The van der Waals surface area contributed by atoms with E-state index in [0.29, 0.717) is 17.5 Å². The number of nitrogens with zero attached hydrogens (tertiary/aromatic N) is 9. The molecule has 0 unspecified atom stereocenters. The van der Waals surface area contributed by atoms with Crippen LogP contribution in [0.15, 0.2) is 49.1 Å². The average Bonchev–Trinajstić information content (AvgIpc) is 3.49. The molecule has 0 aliphatic carbocycles. The van der Waals surface area contributed by atoms with E-state index in [9.17, 15) is 4.79 Å². The molecular formula is C22H24N10O. The van der Waals surface area contributed by atoms with E-state index in [1.54, 1.807) is 27.8 Å². The zero-order valence-electron chi connectivity index (χ0n) is 18.5. The Morgan fingerprint density at radius 3 is 2.48 bits per heavy atom. The molecule has 168 valence electrons. The Labute approximate surface area is 190 Å². The van der Waals surface area contributed by atoms with Crippen molar-refractivity contribution in [2.45, 2.75) is 26.7 Å². The molecule has 4 aromatic heterocycles. The number of piperidine rings is 1. The first-order chi connectivity index (χ1) is 16.1. The molecule has 11 heteroatoms. The van der Waals surface area contributed by atoms with Gasteiger partial charge in [-0.25, -0.2) is 19.3 Å². The number of carbonyl (C=O) groups excluding carboxylic acids is 1. The lowest BCUT2D eigenvalue weighted by atomic mass is 9.96. The summed E-state index contributed by atoms with van der Waals surface area (Å²) in [6, 6.07) is 9.40. The molecule has 0 spiro atoms. The van der Waals surface area contributed by atoms with Gasteiger partial charge in [-0.1, -0.05) is 0 Å². The summed E-state index contributed by atoms with van der Waals surface area (Å²) in [5, 5.41) is 20.3. The summed E-state index contributed by atoms with van der Waals surface area (Å²) < 4.78 is 3.41. The van der Waals surface area contributed by atoms with Crippen LogP contribution in [-0.2, 0) is 4.79 Å². The predicted molar refractivity (Wildman–Crippen MR) is 121 cm³/mol. The summed E-state index contributed by atoms with van der Waals surface area (Å²) in [6.45, 7) is 5.41. The Bertz CT molecular complexity index is 1240. The fourth-order valence-electron chi connectivity index (χ4n) is 4.00. The van der Waals surface area contributed by atoms with Crippen LogP contribution in [0.4, 0.5) is 11.6 Å². The van der Waals surface area contributed by atoms with Crippen LogP contribution < -0.4 is 10.2 Å². The highest BCUT2D eigenvalue weighted by molar-refractivity contribution is 5.92. The normalized spacial score (nSPS) is 14.4. The van der Waals surface area contributed by atoms with Gasteiger partial charge < -0.3 is 10.2 Å². The Kier molecular flexibility index (Phi) is 5.51. The van der Waals surface area contributed by atoms with Gasteiger partial charge in [-0.3, -0.25) is 4.79 Å². The van der Waals surface area contributed by atoms with E-state index in [1.165, 1.54) is 6.33 Å². The monoisotopic (exact) mass is 444 g/mol. The van der Waals surface area contributed by atoms with Crippen molar-refractivity contribution in [3.05, 3.63) is 60.4 Å². The molecule has 0 aromatic carbocycles. The molecule has 1 amide bonds. The number of aryl methyl sites for hydroxylation is 2. The molecule has 1 N–H and O–H groups in total. The van der Waals surface area contributed by atoms with E-state index >= 15 is 0 Å². The fourth-order valence-corrected chi connectivity index (χ4v) is 4.00. The van der Waals surface area contributed by atoms with E-state index in [2.05, 4.69) is 40.6 Å². The van der Waals surface area contributed by atoms with Crippen molar-refractivity contribution in [1.82, 2.24) is 39.7 Å². The third-order valence-corrected chi connectivity index (χ3v) is 5.70. The smallest absolute Gasteiger partial charge is 0.228 e. The molecule has 33 heavy (non-hydrogen) atoms. The van der Waals surface area contributed by atoms with Crippen LogP contribution >= 0.6 is 0 Å².